The topological polar surface area (TPSA) is 83.9 Å². The van der Waals surface area contributed by atoms with E-state index in [0.717, 1.165) is 31.4 Å². The largest absolute Gasteiger partial charge is 0.337 e. The molecule has 1 N–H and O–H groups in total. The first-order valence-corrected chi connectivity index (χ1v) is 9.09. The highest BCUT2D eigenvalue weighted by molar-refractivity contribution is 5.92. The lowest BCUT2D eigenvalue weighted by Crippen LogP contribution is -2.40. The molecule has 1 aromatic carbocycles. The first-order chi connectivity index (χ1) is 13.2. The summed E-state index contributed by atoms with van der Waals surface area (Å²) in [7, 11) is 0. The van der Waals surface area contributed by atoms with Crippen LogP contribution in [0.25, 0.3) is 0 Å². The van der Waals surface area contributed by atoms with Gasteiger partial charge in [0.1, 0.15) is 11.5 Å². The summed E-state index contributed by atoms with van der Waals surface area (Å²) in [5.41, 5.74) is 1.17. The van der Waals surface area contributed by atoms with E-state index in [4.69, 9.17) is 0 Å². The summed E-state index contributed by atoms with van der Waals surface area (Å²) >= 11 is 0. The van der Waals surface area contributed by atoms with E-state index in [1.807, 2.05) is 30.6 Å². The Bertz CT molecular complexity index is 959. The number of benzene rings is 1. The minimum Gasteiger partial charge on any atom is -0.337 e. The number of carbonyl (C=O) groups is 1. The predicted octanol–water partition coefficient (Wildman–Crippen LogP) is 2.03. The van der Waals surface area contributed by atoms with Crippen LogP contribution in [0.3, 0.4) is 0 Å². The van der Waals surface area contributed by atoms with E-state index >= 15 is 0 Å². The summed E-state index contributed by atoms with van der Waals surface area (Å²) in [5, 5.41) is 0. The van der Waals surface area contributed by atoms with Gasteiger partial charge in [0.25, 0.3) is 11.5 Å². The number of hydrogen-bond acceptors (Lipinski definition) is 4. The van der Waals surface area contributed by atoms with Gasteiger partial charge in [-0.25, -0.2) is 9.97 Å². The van der Waals surface area contributed by atoms with Crippen molar-refractivity contribution in [2.24, 2.45) is 0 Å². The number of carbonyl (C=O) groups excluding carboxylic acids is 1. The summed E-state index contributed by atoms with van der Waals surface area (Å²) in [6.45, 7) is 2.06. The van der Waals surface area contributed by atoms with E-state index in [2.05, 4.69) is 31.7 Å². The van der Waals surface area contributed by atoms with E-state index in [0.29, 0.717) is 13.1 Å². The second-order valence-electron chi connectivity index (χ2n) is 6.79. The van der Waals surface area contributed by atoms with Crippen LogP contribution in [0.15, 0.2) is 59.9 Å². The molecule has 0 unspecified atom stereocenters. The van der Waals surface area contributed by atoms with Crippen LogP contribution in [0.4, 0.5) is 0 Å². The maximum absolute atomic E-state index is 12.7. The van der Waals surface area contributed by atoms with Gasteiger partial charge in [-0.3, -0.25) is 9.59 Å². The number of aromatic nitrogens is 4. The van der Waals surface area contributed by atoms with Gasteiger partial charge in [0.05, 0.1) is 6.20 Å². The minimum atomic E-state index is -0.314. The molecule has 7 nitrogen and oxygen atoms in total. The van der Waals surface area contributed by atoms with Crippen LogP contribution in [0.2, 0.25) is 0 Å². The van der Waals surface area contributed by atoms with Gasteiger partial charge in [0.15, 0.2) is 0 Å². The van der Waals surface area contributed by atoms with E-state index in [1.54, 1.807) is 4.90 Å². The standard InChI is InChI=1S/C20H21N5O2/c26-18-12-22-17(11-23-18)20(27)25-9-4-7-16(14-25)19-21-8-10-24(19)13-15-5-2-1-3-6-15/h1-3,5-6,8,10-12,16H,4,7,9,13-14H2,(H,23,26)/t16-/m0/s1. The monoisotopic (exact) mass is 363 g/mol. The van der Waals surface area contributed by atoms with Crippen LogP contribution in [0, 0.1) is 0 Å². The van der Waals surface area contributed by atoms with Gasteiger partial charge >= 0.3 is 0 Å². The minimum absolute atomic E-state index is 0.155. The lowest BCUT2D eigenvalue weighted by Gasteiger charge is -2.32. The third-order valence-electron chi connectivity index (χ3n) is 4.91. The average Bonchev–Trinajstić information content (AvgIpc) is 3.17. The lowest BCUT2D eigenvalue weighted by molar-refractivity contribution is 0.0697. The lowest BCUT2D eigenvalue weighted by atomic mass is 9.96. The number of imidazole rings is 1. The normalized spacial score (nSPS) is 17.0. The highest BCUT2D eigenvalue weighted by Gasteiger charge is 2.28. The summed E-state index contributed by atoms with van der Waals surface area (Å²) in [5.74, 6) is 1.03. The van der Waals surface area contributed by atoms with Crippen molar-refractivity contribution >= 4 is 5.91 Å². The summed E-state index contributed by atoms with van der Waals surface area (Å²) < 4.78 is 2.16. The molecule has 0 saturated carbocycles. The molecule has 1 atom stereocenters. The van der Waals surface area contributed by atoms with Crippen molar-refractivity contribution in [1.29, 1.82) is 0 Å². The van der Waals surface area contributed by atoms with Crippen molar-refractivity contribution < 1.29 is 4.79 Å². The Morgan fingerprint density at radius 1 is 1.22 bits per heavy atom. The molecule has 1 aliphatic heterocycles. The molecule has 138 valence electrons. The van der Waals surface area contributed by atoms with Crippen LogP contribution in [-0.2, 0) is 6.54 Å². The van der Waals surface area contributed by atoms with Crippen LogP contribution < -0.4 is 5.56 Å². The molecule has 1 amide bonds. The van der Waals surface area contributed by atoms with Gasteiger partial charge in [-0.15, -0.1) is 0 Å². The number of piperidine rings is 1. The Kier molecular flexibility index (Phi) is 4.82. The van der Waals surface area contributed by atoms with E-state index < -0.39 is 0 Å². The number of hydrogen-bond donors (Lipinski definition) is 1. The van der Waals surface area contributed by atoms with Crippen molar-refractivity contribution in [3.63, 3.8) is 0 Å². The number of amides is 1. The van der Waals surface area contributed by atoms with E-state index in [1.165, 1.54) is 11.8 Å². The number of H-pyrrole nitrogens is 1. The van der Waals surface area contributed by atoms with Gasteiger partial charge in [-0.05, 0) is 18.4 Å². The Morgan fingerprint density at radius 3 is 2.85 bits per heavy atom. The number of nitrogens with zero attached hydrogens (tertiary/aromatic N) is 4. The van der Waals surface area contributed by atoms with E-state index in [9.17, 15) is 9.59 Å². The van der Waals surface area contributed by atoms with Gasteiger partial charge in [-0.1, -0.05) is 30.3 Å². The fourth-order valence-electron chi connectivity index (χ4n) is 3.59. The van der Waals surface area contributed by atoms with Crippen molar-refractivity contribution in [1.82, 2.24) is 24.4 Å². The summed E-state index contributed by atoms with van der Waals surface area (Å²) in [4.78, 5) is 36.7. The number of nitrogens with one attached hydrogen (secondary N) is 1. The zero-order valence-corrected chi connectivity index (χ0v) is 14.9. The zero-order chi connectivity index (χ0) is 18.6. The maximum Gasteiger partial charge on any atom is 0.273 e. The fourth-order valence-corrected chi connectivity index (χ4v) is 3.59. The molecule has 0 radical (unpaired) electrons. The molecule has 27 heavy (non-hydrogen) atoms. The zero-order valence-electron chi connectivity index (χ0n) is 14.9. The molecule has 1 saturated heterocycles. The maximum atomic E-state index is 12.7. The van der Waals surface area contributed by atoms with E-state index in [-0.39, 0.29) is 23.1 Å². The molecule has 0 spiro atoms. The van der Waals surface area contributed by atoms with Gasteiger partial charge in [0.2, 0.25) is 0 Å². The van der Waals surface area contributed by atoms with Crippen molar-refractivity contribution in [2.75, 3.05) is 13.1 Å². The fraction of sp³-hybridized carbons (Fsp3) is 0.300. The highest BCUT2D eigenvalue weighted by atomic mass is 16.2. The first-order valence-electron chi connectivity index (χ1n) is 9.09. The Labute approximate surface area is 156 Å². The number of rotatable bonds is 4. The third kappa shape index (κ3) is 3.81. The third-order valence-corrected chi connectivity index (χ3v) is 4.91. The SMILES string of the molecule is O=C(c1c[nH]c(=O)cn1)N1CCC[C@H](c2nccn2Cc2ccccc2)C1. The van der Waals surface area contributed by atoms with Gasteiger partial charge in [0, 0.05) is 44.1 Å². The highest BCUT2D eigenvalue weighted by Crippen LogP contribution is 2.27. The molecule has 1 aliphatic rings. The van der Waals surface area contributed by atoms with Crippen molar-refractivity contribution in [2.45, 2.75) is 25.3 Å². The van der Waals surface area contributed by atoms with Gasteiger partial charge < -0.3 is 14.5 Å². The summed E-state index contributed by atoms with van der Waals surface area (Å²) in [6.07, 6.45) is 8.24. The molecule has 0 aliphatic carbocycles. The number of aromatic amines is 1. The molecule has 1 fully saturated rings. The van der Waals surface area contributed by atoms with Crippen LogP contribution in [-0.4, -0.2) is 43.4 Å². The molecule has 3 heterocycles. The molecule has 2 aromatic heterocycles. The Balaban J connectivity index is 1.50. The second-order valence-corrected chi connectivity index (χ2v) is 6.79. The van der Waals surface area contributed by atoms with Crippen LogP contribution >= 0.6 is 0 Å². The first kappa shape index (κ1) is 17.2. The van der Waals surface area contributed by atoms with Crippen LogP contribution in [0.5, 0.6) is 0 Å². The van der Waals surface area contributed by atoms with Crippen LogP contribution in [0.1, 0.15) is 40.6 Å². The average molecular weight is 363 g/mol. The smallest absolute Gasteiger partial charge is 0.273 e. The Hall–Kier alpha value is -3.22. The summed E-state index contributed by atoms with van der Waals surface area (Å²) in [6, 6.07) is 10.3. The second kappa shape index (κ2) is 7.57. The van der Waals surface area contributed by atoms with Crippen molar-refractivity contribution in [3.8, 4) is 0 Å². The molecule has 3 aromatic rings. The predicted molar refractivity (Wildman–Crippen MR) is 101 cm³/mol. The quantitative estimate of drug-likeness (QED) is 0.769. The molecule has 7 heteroatoms. The number of likely N-dealkylation sites (tertiary alicyclic amines) is 1. The Morgan fingerprint density at radius 2 is 2.07 bits per heavy atom. The molecule has 0 bridgehead atoms. The van der Waals surface area contributed by atoms with Gasteiger partial charge in [-0.2, -0.15) is 0 Å². The molecular weight excluding hydrogens is 342 g/mol. The molecular formula is C20H21N5O2. The van der Waals surface area contributed by atoms with Crippen molar-refractivity contribution in [3.05, 3.63) is 82.6 Å². The molecule has 4 rings (SSSR count).